The van der Waals surface area contributed by atoms with Gasteiger partial charge in [-0.25, -0.2) is 0 Å². The van der Waals surface area contributed by atoms with Gasteiger partial charge in [-0.05, 0) is 318 Å². The predicted molar refractivity (Wildman–Crippen MR) is 612 cm³/mol. The molecular weight excluding hydrogens is 1810 g/mol. The van der Waals surface area contributed by atoms with Crippen molar-refractivity contribution in [2.24, 2.45) is 0 Å². The van der Waals surface area contributed by atoms with Crippen LogP contribution in [0.25, 0.3) is 0 Å². The molecular formula is C117H225N23O5. The first kappa shape index (κ1) is 125. The van der Waals surface area contributed by atoms with Crippen molar-refractivity contribution in [1.82, 2.24) is 70.2 Å². The molecule has 0 radical (unpaired) electrons. The van der Waals surface area contributed by atoms with E-state index in [1.807, 2.05) is 0 Å². The van der Waals surface area contributed by atoms with E-state index in [9.17, 15) is 0 Å². The van der Waals surface area contributed by atoms with E-state index in [0.717, 1.165) is 402 Å². The maximum atomic E-state index is 6.96. The number of piperidine rings is 5. The third-order valence-electron chi connectivity index (χ3n) is 31.5. The quantitative estimate of drug-likeness (QED) is 0.0481. The van der Waals surface area contributed by atoms with Gasteiger partial charge in [0.05, 0.1) is 33.0 Å². The molecule has 28 heteroatoms. The van der Waals surface area contributed by atoms with E-state index < -0.39 is 0 Å². The number of hydroxylamine groups is 10. The number of hydrogen-bond acceptors (Lipinski definition) is 28. The van der Waals surface area contributed by atoms with Crippen LogP contribution in [-0.4, -0.2) is 274 Å². The highest BCUT2D eigenvalue weighted by molar-refractivity contribution is 5.52. The van der Waals surface area contributed by atoms with E-state index in [2.05, 4.69) is 305 Å². The molecule has 0 aromatic carbocycles. The molecule has 0 unspecified atom stereocenters. The van der Waals surface area contributed by atoms with Gasteiger partial charge in [0.2, 0.25) is 53.5 Å². The van der Waals surface area contributed by atoms with Crippen LogP contribution in [0.1, 0.15) is 499 Å². The van der Waals surface area contributed by atoms with E-state index in [1.165, 1.54) is 0 Å². The third-order valence-corrected chi connectivity index (χ3v) is 31.5. The summed E-state index contributed by atoms with van der Waals surface area (Å²) in [5.74, 6) is 7.33. The standard InChI is InChI=1S/C117H225N23O5/c1-35-49-66-127(67-50-36-2)99-118-100(128(68-51-37-3)69-52-38-4)121-103(120-99)132(95-86-110(19,20)137(142-80-45-11)111(21,22)87-95)75-62-58-60-64-77-134(97-90-114(27,28)139(144-82-47-13)115(29,30)91-97)106-124-105(131(74-57-43-9)94-84-108(15,16)136(141-79-44-10)109(17,18)85-94)125-107(126-106)135(98-92-116(31,32)140(145-83-48-14)117(33,34)93-98)78-65-61-59-63-76-133(96-88-112(23,24)138(143-81-46-12)113(25,26)89-96)104-122-101(129(70-53-39-5)71-54-40-6)119-102(123-104)130(72-55-41-7)73-56-42-8/h94-98H,35-93H2,1-34H3. The molecule has 0 amide bonds. The fourth-order valence-corrected chi connectivity index (χ4v) is 25.5. The Morgan fingerprint density at radius 3 is 0.434 bits per heavy atom. The molecule has 8 rings (SSSR count). The van der Waals surface area contributed by atoms with Crippen LogP contribution in [-0.2, 0) is 24.2 Å². The minimum atomic E-state index is -0.338. The van der Waals surface area contributed by atoms with E-state index in [-0.39, 0.29) is 85.6 Å². The number of rotatable bonds is 70. The molecule has 0 bridgehead atoms. The second-order valence-electron chi connectivity index (χ2n) is 50.7. The van der Waals surface area contributed by atoms with Crippen LogP contribution in [0.3, 0.4) is 0 Å². The van der Waals surface area contributed by atoms with Crippen molar-refractivity contribution in [2.75, 3.05) is 162 Å². The molecule has 145 heavy (non-hydrogen) atoms. The largest absolute Gasteiger partial charge is 0.341 e. The van der Waals surface area contributed by atoms with Gasteiger partial charge in [-0.3, -0.25) is 24.2 Å². The van der Waals surface area contributed by atoms with Gasteiger partial charge in [0.25, 0.3) is 0 Å². The molecule has 5 aliphatic heterocycles. The van der Waals surface area contributed by atoms with Crippen LogP contribution in [0, 0.1) is 0 Å². The monoisotopic (exact) mass is 2030 g/mol. The maximum absolute atomic E-state index is 6.96. The normalized spacial score (nSPS) is 19.9. The summed E-state index contributed by atoms with van der Waals surface area (Å²) in [7, 11) is 0. The number of anilines is 9. The Balaban J connectivity index is 1.31. The predicted octanol–water partition coefficient (Wildman–Crippen LogP) is 27.0. The molecule has 8 heterocycles. The molecule has 0 saturated carbocycles. The summed E-state index contributed by atoms with van der Waals surface area (Å²) in [6.07, 6.45) is 41.1. The van der Waals surface area contributed by atoms with Crippen LogP contribution in [0.15, 0.2) is 0 Å². The summed E-state index contributed by atoms with van der Waals surface area (Å²) in [5.41, 5.74) is -3.02. The zero-order valence-electron chi connectivity index (χ0n) is 100. The Kier molecular flexibility index (Phi) is 50.7. The van der Waals surface area contributed by atoms with Crippen LogP contribution >= 0.6 is 0 Å². The summed E-state index contributed by atoms with van der Waals surface area (Å²) in [5, 5.41) is 11.8. The highest BCUT2D eigenvalue weighted by Gasteiger charge is 2.55. The number of nitrogens with zero attached hydrogens (tertiary/aromatic N) is 23. The van der Waals surface area contributed by atoms with Crippen molar-refractivity contribution >= 4 is 53.5 Å². The van der Waals surface area contributed by atoms with Crippen LogP contribution < -0.4 is 44.1 Å². The number of unbranched alkanes of at least 4 members (excludes halogenated alkanes) is 15. The van der Waals surface area contributed by atoms with E-state index >= 15 is 0 Å². The van der Waals surface area contributed by atoms with Crippen molar-refractivity contribution in [1.29, 1.82) is 0 Å². The summed E-state index contributed by atoms with van der Waals surface area (Å²) in [6.45, 7) is 94.9. The fraction of sp³-hybridized carbons (Fsp3) is 0.923. The van der Waals surface area contributed by atoms with Gasteiger partial charge >= 0.3 is 0 Å². The van der Waals surface area contributed by atoms with Gasteiger partial charge in [-0.2, -0.15) is 70.2 Å². The SMILES string of the molecule is CCCCN(CCCC)c1nc(N(CCCC)CCCC)nc(N(CCCCCCN(c2nc(N(CCCC)C3CC(C)(C)N(OCCC)C(C)(C)C3)nc(N(CCCCCCN(c3nc(N(CCCC)CCCC)nc(N(CCCC)CCCC)n3)C3CC(C)(C)N(OCCC)C(C)(C)C3)C3CC(C)(C)N(OCCC)C(C)(C)C3)n2)C2CC(C)(C)N(OCCC)C(C)(C)C2)C2CC(C)(C)N(OCCC)C(C)(C)C2)n1. The number of hydrogen-bond donors (Lipinski definition) is 0. The zero-order chi connectivity index (χ0) is 107. The highest BCUT2D eigenvalue weighted by Crippen LogP contribution is 2.50. The second kappa shape index (κ2) is 58.8. The lowest BCUT2D eigenvalue weighted by Crippen LogP contribution is -2.65. The van der Waals surface area contributed by atoms with Gasteiger partial charge in [0.1, 0.15) is 0 Å². The van der Waals surface area contributed by atoms with Gasteiger partial charge in [-0.1, -0.05) is 180 Å². The van der Waals surface area contributed by atoms with E-state index in [0.29, 0.717) is 33.0 Å². The topological polar surface area (TPSA) is 208 Å². The molecule has 5 fully saturated rings. The fourth-order valence-electron chi connectivity index (χ4n) is 25.5. The minimum absolute atomic E-state index is 0.0577. The Bertz CT molecular complexity index is 3690. The highest BCUT2D eigenvalue weighted by atomic mass is 16.7. The second-order valence-corrected chi connectivity index (χ2v) is 50.7. The summed E-state index contributed by atoms with van der Waals surface area (Å²) in [6, 6.07) is 0.509. The first-order valence-electron chi connectivity index (χ1n) is 60.0. The molecule has 0 N–H and O–H groups in total. The molecule has 0 spiro atoms. The molecule has 5 aliphatic rings. The molecule has 28 nitrogen and oxygen atoms in total. The Morgan fingerprint density at radius 2 is 0.297 bits per heavy atom. The molecule has 5 saturated heterocycles. The third kappa shape index (κ3) is 35.4. The summed E-state index contributed by atoms with van der Waals surface area (Å²) < 4.78 is 0. The van der Waals surface area contributed by atoms with Crippen LogP contribution in [0.4, 0.5) is 53.5 Å². The Labute approximate surface area is 889 Å². The molecule has 838 valence electrons. The molecule has 0 atom stereocenters. The summed E-state index contributed by atoms with van der Waals surface area (Å²) >= 11 is 0. The Morgan fingerprint density at radius 1 is 0.172 bits per heavy atom. The first-order valence-corrected chi connectivity index (χ1v) is 60.0. The minimum Gasteiger partial charge on any atom is -0.341 e. The van der Waals surface area contributed by atoms with Crippen molar-refractivity contribution in [3.63, 3.8) is 0 Å². The van der Waals surface area contributed by atoms with Gasteiger partial charge in [0, 0.05) is 171 Å². The van der Waals surface area contributed by atoms with Gasteiger partial charge < -0.3 is 44.1 Å². The van der Waals surface area contributed by atoms with Crippen LogP contribution in [0.2, 0.25) is 0 Å². The van der Waals surface area contributed by atoms with Crippen molar-refractivity contribution in [3.8, 4) is 0 Å². The van der Waals surface area contributed by atoms with E-state index in [4.69, 9.17) is 69.0 Å². The smallest absolute Gasteiger partial charge is 0.232 e. The molecule has 3 aromatic heterocycles. The van der Waals surface area contributed by atoms with Gasteiger partial charge in [-0.15, -0.1) is 0 Å². The zero-order valence-corrected chi connectivity index (χ0v) is 100. The van der Waals surface area contributed by atoms with Crippen molar-refractivity contribution in [3.05, 3.63) is 0 Å². The lowest BCUT2D eigenvalue weighted by atomic mass is 9.78. The van der Waals surface area contributed by atoms with Gasteiger partial charge in [0.15, 0.2) is 0 Å². The lowest BCUT2D eigenvalue weighted by molar-refractivity contribution is -0.282. The molecule has 0 aliphatic carbocycles. The van der Waals surface area contributed by atoms with Crippen molar-refractivity contribution < 1.29 is 24.2 Å². The first-order chi connectivity index (χ1) is 68.8. The average Bonchev–Trinajstić information content (AvgIpc) is 0.753. The maximum Gasteiger partial charge on any atom is 0.232 e. The number of aromatic nitrogens is 9. The van der Waals surface area contributed by atoms with Crippen molar-refractivity contribution in [2.45, 2.75) is 584 Å². The molecule has 3 aromatic rings. The average molecular weight is 2030 g/mol. The summed E-state index contributed by atoms with van der Waals surface area (Å²) in [4.78, 5) is 111. The lowest BCUT2D eigenvalue weighted by Gasteiger charge is -2.56. The van der Waals surface area contributed by atoms with E-state index in [1.54, 1.807) is 0 Å². The Hall–Kier alpha value is -5.17. The van der Waals surface area contributed by atoms with Crippen LogP contribution in [0.5, 0.6) is 0 Å².